The van der Waals surface area contributed by atoms with Crippen LogP contribution >= 0.6 is 11.6 Å². The number of fused-ring (bicyclic) bond motifs is 2. The highest BCUT2D eigenvalue weighted by Crippen LogP contribution is 2.48. The number of hydrogen-bond acceptors (Lipinski definition) is 4. The number of carbonyl (C=O) groups excluding carboxylic acids is 3. The minimum Gasteiger partial charge on any atom is -0.550 e. The van der Waals surface area contributed by atoms with Crippen LogP contribution in [0.2, 0.25) is 5.02 Å². The molecule has 2 amide bonds. The van der Waals surface area contributed by atoms with Crippen molar-refractivity contribution in [2.45, 2.75) is 25.7 Å². The van der Waals surface area contributed by atoms with Crippen LogP contribution in [-0.2, 0) is 9.59 Å². The van der Waals surface area contributed by atoms with E-state index in [-0.39, 0.29) is 28.7 Å². The maximum absolute atomic E-state index is 12.7. The van der Waals surface area contributed by atoms with Crippen molar-refractivity contribution >= 4 is 35.1 Å². The summed E-state index contributed by atoms with van der Waals surface area (Å²) in [4.78, 5) is 38.7. The molecule has 4 atom stereocenters. The van der Waals surface area contributed by atoms with Crippen molar-refractivity contribution in [3.05, 3.63) is 40.9 Å². The predicted molar refractivity (Wildman–Crippen MR) is 103 cm³/mol. The number of halogens is 1. The molecular weight excluding hydrogens is 380 g/mol. The molecule has 1 aromatic rings. The molecule has 1 aliphatic heterocycles. The second kappa shape index (κ2) is 7.59. The molecule has 0 aromatic heterocycles. The molecule has 148 valence electrons. The number of carboxylic acid groups (broad SMARTS) is 1. The van der Waals surface area contributed by atoms with Crippen molar-refractivity contribution in [1.29, 1.82) is 0 Å². The van der Waals surface area contributed by atoms with Crippen LogP contribution in [0.5, 0.6) is 0 Å². The number of benzene rings is 1. The summed E-state index contributed by atoms with van der Waals surface area (Å²) in [6, 6.07) is 4.80. The summed E-state index contributed by atoms with van der Waals surface area (Å²) < 4.78 is 0. The highest BCUT2D eigenvalue weighted by Gasteiger charge is 2.48. The van der Waals surface area contributed by atoms with Crippen LogP contribution in [0, 0.1) is 23.7 Å². The number of rotatable bonds is 4. The van der Waals surface area contributed by atoms with Crippen LogP contribution in [0.25, 0.3) is 0 Å². The number of carboxylic acids is 1. The van der Waals surface area contributed by atoms with Crippen molar-refractivity contribution in [2.75, 3.05) is 18.4 Å². The van der Waals surface area contributed by atoms with E-state index >= 15 is 0 Å². The first-order chi connectivity index (χ1) is 13.5. The van der Waals surface area contributed by atoms with E-state index in [2.05, 4.69) is 5.32 Å². The molecular formula is C21H22ClN2O4-. The molecule has 4 rings (SSSR count). The fourth-order valence-electron chi connectivity index (χ4n) is 4.76. The predicted octanol–water partition coefficient (Wildman–Crippen LogP) is 2.09. The number of nitrogens with one attached hydrogen (secondary N) is 1. The lowest BCUT2D eigenvalue weighted by Gasteiger charge is -2.28. The summed E-state index contributed by atoms with van der Waals surface area (Å²) in [5.41, 5.74) is 0.867. The minimum atomic E-state index is -1.18. The summed E-state index contributed by atoms with van der Waals surface area (Å²) in [5.74, 6) is -3.30. The van der Waals surface area contributed by atoms with Crippen molar-refractivity contribution < 1.29 is 19.5 Å². The molecule has 0 radical (unpaired) electrons. The number of nitrogens with zero attached hydrogens (tertiary/aromatic N) is 1. The highest BCUT2D eigenvalue weighted by atomic mass is 35.5. The lowest BCUT2D eigenvalue weighted by molar-refractivity contribution is -0.313. The van der Waals surface area contributed by atoms with Gasteiger partial charge in [-0.1, -0.05) is 23.8 Å². The number of hydrogen-bond donors (Lipinski definition) is 1. The van der Waals surface area contributed by atoms with Crippen molar-refractivity contribution in [3.63, 3.8) is 0 Å². The Morgan fingerprint density at radius 3 is 2.36 bits per heavy atom. The van der Waals surface area contributed by atoms with Gasteiger partial charge in [-0.15, -0.1) is 0 Å². The average molecular weight is 402 g/mol. The molecule has 6 nitrogen and oxygen atoms in total. The Morgan fingerprint density at radius 2 is 1.71 bits per heavy atom. The number of anilines is 1. The van der Waals surface area contributed by atoms with E-state index in [0.29, 0.717) is 17.7 Å². The molecule has 0 spiro atoms. The second-order valence-electron chi connectivity index (χ2n) is 7.86. The van der Waals surface area contributed by atoms with E-state index in [1.807, 2.05) is 12.2 Å². The number of likely N-dealkylation sites (tertiary alicyclic amines) is 1. The van der Waals surface area contributed by atoms with E-state index in [4.69, 9.17) is 11.6 Å². The van der Waals surface area contributed by atoms with Gasteiger partial charge in [0.25, 0.3) is 5.91 Å². The zero-order chi connectivity index (χ0) is 19.8. The first-order valence-electron chi connectivity index (χ1n) is 9.74. The van der Waals surface area contributed by atoms with Crippen LogP contribution in [0.3, 0.4) is 0 Å². The average Bonchev–Trinajstić information content (AvgIpc) is 3.30. The van der Waals surface area contributed by atoms with Gasteiger partial charge in [-0.25, -0.2) is 0 Å². The van der Waals surface area contributed by atoms with Gasteiger partial charge < -0.3 is 20.1 Å². The maximum atomic E-state index is 12.7. The monoisotopic (exact) mass is 401 g/mol. The molecule has 1 heterocycles. The van der Waals surface area contributed by atoms with Crippen LogP contribution in [0.4, 0.5) is 5.69 Å². The number of amides is 2. The van der Waals surface area contributed by atoms with Crippen molar-refractivity contribution in [3.8, 4) is 0 Å². The summed E-state index contributed by atoms with van der Waals surface area (Å²) in [6.07, 6.45) is 7.58. The van der Waals surface area contributed by atoms with Gasteiger partial charge in [0.1, 0.15) is 0 Å². The normalized spacial score (nSPS) is 28.4. The Bertz CT molecular complexity index is 847. The molecule has 3 aliphatic rings. The summed E-state index contributed by atoms with van der Waals surface area (Å²) in [6.45, 7) is 1.46. The van der Waals surface area contributed by atoms with Crippen LogP contribution in [0.1, 0.15) is 36.0 Å². The van der Waals surface area contributed by atoms with Gasteiger partial charge in [0, 0.05) is 30.7 Å². The molecule has 1 aromatic carbocycles. The SMILES string of the molecule is O=C([O-])[C@@H]1[C@H](C(=O)Nc2ccc(C(=O)N3CCCCC3)c(Cl)c2)[C@H]2C=C[C@H]1C2. The third-order valence-corrected chi connectivity index (χ3v) is 6.46. The zero-order valence-electron chi connectivity index (χ0n) is 15.4. The second-order valence-corrected chi connectivity index (χ2v) is 8.26. The van der Waals surface area contributed by atoms with Crippen LogP contribution in [0.15, 0.2) is 30.4 Å². The van der Waals surface area contributed by atoms with Crippen LogP contribution < -0.4 is 10.4 Å². The molecule has 28 heavy (non-hydrogen) atoms. The number of piperidine rings is 1. The molecule has 2 fully saturated rings. The fraction of sp³-hybridized carbons (Fsp3) is 0.476. The number of aliphatic carboxylic acids is 1. The molecule has 2 bridgehead atoms. The molecule has 1 saturated carbocycles. The molecule has 7 heteroatoms. The highest BCUT2D eigenvalue weighted by molar-refractivity contribution is 6.34. The smallest absolute Gasteiger partial charge is 0.255 e. The number of allylic oxidation sites excluding steroid dienone is 2. The van der Waals surface area contributed by atoms with Crippen molar-refractivity contribution in [2.24, 2.45) is 23.7 Å². The Morgan fingerprint density at radius 1 is 1.04 bits per heavy atom. The summed E-state index contributed by atoms with van der Waals surface area (Å²) in [7, 11) is 0. The lowest BCUT2D eigenvalue weighted by Crippen LogP contribution is -2.42. The van der Waals surface area contributed by atoms with Crippen molar-refractivity contribution in [1.82, 2.24) is 4.90 Å². The summed E-state index contributed by atoms with van der Waals surface area (Å²) >= 11 is 6.31. The van der Waals surface area contributed by atoms with Gasteiger partial charge in [0.05, 0.1) is 16.5 Å². The molecule has 0 unspecified atom stereocenters. The lowest BCUT2D eigenvalue weighted by atomic mass is 9.82. The first kappa shape index (κ1) is 19.0. The fourth-order valence-corrected chi connectivity index (χ4v) is 5.02. The van der Waals surface area contributed by atoms with E-state index in [1.165, 1.54) is 0 Å². The van der Waals surface area contributed by atoms with Gasteiger partial charge >= 0.3 is 0 Å². The molecule has 1 saturated heterocycles. The first-order valence-corrected chi connectivity index (χ1v) is 10.1. The summed E-state index contributed by atoms with van der Waals surface area (Å²) in [5, 5.41) is 14.5. The largest absolute Gasteiger partial charge is 0.550 e. The maximum Gasteiger partial charge on any atom is 0.255 e. The molecule has 2 aliphatic carbocycles. The third kappa shape index (κ3) is 3.41. The standard InChI is InChI=1S/C21H23ClN2O4/c22-16-11-14(6-7-15(16)20(26)24-8-2-1-3-9-24)23-19(25)17-12-4-5-13(10-12)18(17)21(27)28/h4-7,11-13,17-18H,1-3,8-10H2,(H,23,25)(H,27,28)/p-1/t12-,13-,17+,18-/m0/s1. The Hall–Kier alpha value is -2.34. The van der Waals surface area contributed by atoms with Crippen LogP contribution in [-0.4, -0.2) is 35.8 Å². The van der Waals surface area contributed by atoms with Gasteiger partial charge in [-0.2, -0.15) is 0 Å². The Labute approximate surface area is 168 Å². The van der Waals surface area contributed by atoms with Gasteiger partial charge in [0.15, 0.2) is 0 Å². The number of carbonyl (C=O) groups is 3. The minimum absolute atomic E-state index is 0.0803. The van der Waals surface area contributed by atoms with Gasteiger partial charge in [-0.05, 0) is 55.7 Å². The van der Waals surface area contributed by atoms with E-state index < -0.39 is 17.8 Å². The Kier molecular flexibility index (Phi) is 5.15. The van der Waals surface area contributed by atoms with E-state index in [1.54, 1.807) is 23.1 Å². The molecule has 1 N–H and O–H groups in total. The Balaban J connectivity index is 1.47. The van der Waals surface area contributed by atoms with E-state index in [9.17, 15) is 19.5 Å². The third-order valence-electron chi connectivity index (χ3n) is 6.14. The van der Waals surface area contributed by atoms with Gasteiger partial charge in [0.2, 0.25) is 5.91 Å². The van der Waals surface area contributed by atoms with E-state index in [0.717, 1.165) is 32.4 Å². The quantitative estimate of drug-likeness (QED) is 0.782. The topological polar surface area (TPSA) is 89.5 Å². The zero-order valence-corrected chi connectivity index (χ0v) is 16.2. The van der Waals surface area contributed by atoms with Gasteiger partial charge in [-0.3, -0.25) is 9.59 Å².